The molecule has 0 amide bonds. The van der Waals surface area contributed by atoms with E-state index in [4.69, 9.17) is 5.11 Å². The highest BCUT2D eigenvalue weighted by Gasteiger charge is 2.19. The van der Waals surface area contributed by atoms with Crippen LogP contribution in [0.5, 0.6) is 0 Å². The Morgan fingerprint density at radius 3 is 2.84 bits per heavy atom. The number of aliphatic carboxylic acids is 1. The van der Waals surface area contributed by atoms with E-state index in [2.05, 4.69) is 5.32 Å². The molecule has 7 heteroatoms. The molecule has 19 heavy (non-hydrogen) atoms. The summed E-state index contributed by atoms with van der Waals surface area (Å²) in [6, 6.07) is 3.82. The molecular formula is C12H15FN2O4. The number of benzene rings is 1. The second kappa shape index (κ2) is 6.67. The van der Waals surface area contributed by atoms with Crippen molar-refractivity contribution >= 4 is 17.3 Å². The van der Waals surface area contributed by atoms with E-state index in [0.29, 0.717) is 19.4 Å². The number of nitrogens with one attached hydrogen (secondary N) is 1. The summed E-state index contributed by atoms with van der Waals surface area (Å²) in [5.74, 6) is -2.24. The molecule has 0 heterocycles. The van der Waals surface area contributed by atoms with E-state index >= 15 is 0 Å². The Labute approximate surface area is 109 Å². The highest BCUT2D eigenvalue weighted by atomic mass is 19.1. The summed E-state index contributed by atoms with van der Waals surface area (Å²) in [6.07, 6.45) is 0.979. The number of carbonyl (C=O) groups is 1. The first-order valence-electron chi connectivity index (χ1n) is 5.83. The summed E-state index contributed by atoms with van der Waals surface area (Å²) in [7, 11) is 0. The fraction of sp³-hybridized carbons (Fsp3) is 0.417. The van der Waals surface area contributed by atoms with E-state index < -0.39 is 28.3 Å². The van der Waals surface area contributed by atoms with E-state index in [1.807, 2.05) is 0 Å². The number of para-hydroxylation sites is 1. The molecule has 1 atom stereocenters. The van der Waals surface area contributed by atoms with Crippen LogP contribution in [0.3, 0.4) is 0 Å². The topological polar surface area (TPSA) is 92.5 Å². The van der Waals surface area contributed by atoms with Crippen LogP contribution in [0.15, 0.2) is 18.2 Å². The smallest absolute Gasteiger partial charge is 0.327 e. The summed E-state index contributed by atoms with van der Waals surface area (Å²) in [6.45, 7) is 1.94. The fourth-order valence-electron chi connectivity index (χ4n) is 1.60. The fourth-order valence-corrected chi connectivity index (χ4v) is 1.60. The molecule has 0 bridgehead atoms. The summed E-state index contributed by atoms with van der Waals surface area (Å²) in [5, 5.41) is 22.2. The van der Waals surface area contributed by atoms with Crippen LogP contribution in [0.2, 0.25) is 0 Å². The van der Waals surface area contributed by atoms with Crippen molar-refractivity contribution in [2.45, 2.75) is 19.8 Å². The lowest BCUT2D eigenvalue weighted by Crippen LogP contribution is -2.12. The van der Waals surface area contributed by atoms with E-state index in [9.17, 15) is 19.3 Å². The highest BCUT2D eigenvalue weighted by molar-refractivity contribution is 5.69. The molecule has 1 aromatic rings. The highest BCUT2D eigenvalue weighted by Crippen LogP contribution is 2.27. The number of carboxylic acid groups (broad SMARTS) is 1. The summed E-state index contributed by atoms with van der Waals surface area (Å²) in [4.78, 5) is 20.5. The number of hydrogen-bond donors (Lipinski definition) is 2. The van der Waals surface area contributed by atoms with Crippen molar-refractivity contribution in [1.82, 2.24) is 0 Å². The summed E-state index contributed by atoms with van der Waals surface area (Å²) >= 11 is 0. The van der Waals surface area contributed by atoms with Gasteiger partial charge in [-0.2, -0.15) is 4.39 Å². The number of anilines is 1. The average molecular weight is 270 g/mol. The van der Waals surface area contributed by atoms with Gasteiger partial charge in [-0.25, -0.2) is 0 Å². The Morgan fingerprint density at radius 2 is 2.26 bits per heavy atom. The van der Waals surface area contributed by atoms with Gasteiger partial charge in [-0.3, -0.25) is 14.9 Å². The molecule has 0 radical (unpaired) electrons. The van der Waals surface area contributed by atoms with Crippen LogP contribution in [-0.4, -0.2) is 22.5 Å². The molecule has 1 rings (SSSR count). The minimum absolute atomic E-state index is 0.105. The van der Waals surface area contributed by atoms with Crippen LogP contribution >= 0.6 is 0 Å². The van der Waals surface area contributed by atoms with Crippen LogP contribution < -0.4 is 5.32 Å². The summed E-state index contributed by atoms with van der Waals surface area (Å²) < 4.78 is 13.3. The SMILES string of the molecule is CC(CCCNc1cccc(F)c1[N+](=O)[O-])C(=O)O. The molecule has 0 saturated carbocycles. The van der Waals surface area contributed by atoms with Crippen molar-refractivity contribution in [1.29, 1.82) is 0 Å². The quantitative estimate of drug-likeness (QED) is 0.451. The Hall–Kier alpha value is -2.18. The number of nitro groups is 1. The second-order valence-corrected chi connectivity index (χ2v) is 4.20. The third-order valence-corrected chi connectivity index (χ3v) is 2.72. The van der Waals surface area contributed by atoms with E-state index in [1.165, 1.54) is 12.1 Å². The van der Waals surface area contributed by atoms with Gasteiger partial charge >= 0.3 is 11.7 Å². The molecule has 1 unspecified atom stereocenters. The number of carboxylic acids is 1. The van der Waals surface area contributed by atoms with Crippen molar-refractivity contribution in [3.05, 3.63) is 34.1 Å². The molecule has 0 aliphatic carbocycles. The lowest BCUT2D eigenvalue weighted by Gasteiger charge is -2.09. The molecule has 2 N–H and O–H groups in total. The first-order valence-corrected chi connectivity index (χ1v) is 5.83. The number of halogens is 1. The maximum atomic E-state index is 13.3. The van der Waals surface area contributed by atoms with E-state index in [0.717, 1.165) is 6.07 Å². The minimum atomic E-state index is -0.895. The Kier molecular flexibility index (Phi) is 5.23. The van der Waals surface area contributed by atoms with Crippen molar-refractivity contribution in [3.63, 3.8) is 0 Å². The standard InChI is InChI=1S/C12H15FN2O4/c1-8(12(16)17)4-3-7-14-10-6-2-5-9(13)11(10)15(18)19/h2,5-6,8,14H,3-4,7H2,1H3,(H,16,17). The first-order chi connectivity index (χ1) is 8.93. The van der Waals surface area contributed by atoms with Crippen molar-refractivity contribution in [3.8, 4) is 0 Å². The molecule has 0 aliphatic rings. The third kappa shape index (κ3) is 4.20. The van der Waals surface area contributed by atoms with Gasteiger partial charge in [0.05, 0.1) is 10.8 Å². The number of hydrogen-bond acceptors (Lipinski definition) is 4. The van der Waals surface area contributed by atoms with Gasteiger partial charge in [-0.15, -0.1) is 0 Å². The normalized spacial score (nSPS) is 11.9. The molecule has 0 aromatic heterocycles. The van der Waals surface area contributed by atoms with Gasteiger partial charge in [0.25, 0.3) is 0 Å². The summed E-state index contributed by atoms with van der Waals surface area (Å²) in [5.41, 5.74) is -0.484. The maximum absolute atomic E-state index is 13.3. The van der Waals surface area contributed by atoms with Crippen molar-refractivity contribution < 1.29 is 19.2 Å². The Balaban J connectivity index is 2.57. The predicted molar refractivity (Wildman–Crippen MR) is 67.6 cm³/mol. The molecule has 0 fully saturated rings. The minimum Gasteiger partial charge on any atom is -0.481 e. The van der Waals surface area contributed by atoms with Crippen molar-refractivity contribution in [2.24, 2.45) is 5.92 Å². The lowest BCUT2D eigenvalue weighted by molar-refractivity contribution is -0.386. The van der Waals surface area contributed by atoms with Crippen LogP contribution in [-0.2, 0) is 4.79 Å². The van der Waals surface area contributed by atoms with Gasteiger partial charge < -0.3 is 10.4 Å². The zero-order valence-electron chi connectivity index (χ0n) is 10.4. The van der Waals surface area contributed by atoms with Gasteiger partial charge in [0, 0.05) is 6.54 Å². The molecular weight excluding hydrogens is 255 g/mol. The number of nitro benzene ring substituents is 1. The van der Waals surface area contributed by atoms with Crippen molar-refractivity contribution in [2.75, 3.05) is 11.9 Å². The molecule has 6 nitrogen and oxygen atoms in total. The zero-order valence-corrected chi connectivity index (χ0v) is 10.4. The van der Waals surface area contributed by atoms with Crippen LogP contribution in [0.1, 0.15) is 19.8 Å². The molecule has 104 valence electrons. The zero-order chi connectivity index (χ0) is 14.4. The van der Waals surface area contributed by atoms with Gasteiger partial charge in [0.1, 0.15) is 5.69 Å². The second-order valence-electron chi connectivity index (χ2n) is 4.20. The first kappa shape index (κ1) is 14.9. The van der Waals surface area contributed by atoms with E-state index in [-0.39, 0.29) is 5.69 Å². The molecule has 1 aromatic carbocycles. The maximum Gasteiger partial charge on any atom is 0.327 e. The predicted octanol–water partition coefficient (Wildman–Crippen LogP) is 2.65. The average Bonchev–Trinajstić information content (AvgIpc) is 2.33. The van der Waals surface area contributed by atoms with Gasteiger partial charge in [0.15, 0.2) is 0 Å². The molecule has 0 aliphatic heterocycles. The Morgan fingerprint density at radius 1 is 1.58 bits per heavy atom. The number of rotatable bonds is 7. The monoisotopic (exact) mass is 270 g/mol. The van der Waals surface area contributed by atoms with Crippen LogP contribution in [0, 0.1) is 21.8 Å². The van der Waals surface area contributed by atoms with Gasteiger partial charge in [-0.1, -0.05) is 13.0 Å². The van der Waals surface area contributed by atoms with Gasteiger partial charge in [-0.05, 0) is 25.0 Å². The third-order valence-electron chi connectivity index (χ3n) is 2.72. The van der Waals surface area contributed by atoms with Gasteiger partial charge in [0.2, 0.25) is 5.82 Å². The van der Waals surface area contributed by atoms with Crippen LogP contribution in [0.4, 0.5) is 15.8 Å². The lowest BCUT2D eigenvalue weighted by atomic mass is 10.1. The van der Waals surface area contributed by atoms with E-state index in [1.54, 1.807) is 6.92 Å². The number of nitrogens with zero attached hydrogens (tertiary/aromatic N) is 1. The largest absolute Gasteiger partial charge is 0.481 e. The molecule has 0 spiro atoms. The van der Waals surface area contributed by atoms with Crippen LogP contribution in [0.25, 0.3) is 0 Å². The Bertz CT molecular complexity index is 479. The molecule has 0 saturated heterocycles.